The molecule has 1 aromatic rings. The van der Waals surface area contributed by atoms with Crippen LogP contribution in [0, 0.1) is 0 Å². The molecule has 1 heterocycles. The van der Waals surface area contributed by atoms with Crippen LogP contribution < -0.4 is 10.6 Å². The quantitative estimate of drug-likeness (QED) is 0.330. The van der Waals surface area contributed by atoms with Gasteiger partial charge in [-0.15, -0.1) is 0 Å². The highest BCUT2D eigenvalue weighted by Crippen LogP contribution is 2.11. The van der Waals surface area contributed by atoms with E-state index in [9.17, 15) is 4.79 Å². The fourth-order valence-electron chi connectivity index (χ4n) is 3.72. The van der Waals surface area contributed by atoms with Gasteiger partial charge < -0.3 is 15.5 Å². The minimum atomic E-state index is 0.317. The molecule has 0 unspecified atom stereocenters. The lowest BCUT2D eigenvalue weighted by Gasteiger charge is -2.20. The Morgan fingerprint density at radius 3 is 2.47 bits per heavy atom. The molecule has 1 aliphatic heterocycles. The van der Waals surface area contributed by atoms with E-state index in [1.165, 1.54) is 17.5 Å². The molecule has 0 aliphatic carbocycles. The van der Waals surface area contributed by atoms with Gasteiger partial charge >= 0.3 is 0 Å². The van der Waals surface area contributed by atoms with E-state index in [2.05, 4.69) is 60.6 Å². The monoisotopic (exact) mass is 415 g/mol. The second-order valence-electron chi connectivity index (χ2n) is 7.94. The van der Waals surface area contributed by atoms with Crippen LogP contribution in [0.15, 0.2) is 29.3 Å². The molecule has 1 aromatic carbocycles. The van der Waals surface area contributed by atoms with Gasteiger partial charge in [-0.05, 0) is 50.4 Å². The van der Waals surface area contributed by atoms with Crippen molar-refractivity contribution in [2.45, 2.75) is 66.0 Å². The molecule has 30 heavy (non-hydrogen) atoms. The van der Waals surface area contributed by atoms with Gasteiger partial charge in [0.2, 0.25) is 5.91 Å². The first kappa shape index (κ1) is 24.2. The van der Waals surface area contributed by atoms with Crippen LogP contribution in [0.2, 0.25) is 0 Å². The van der Waals surface area contributed by atoms with E-state index < -0.39 is 0 Å². The standard InChI is InChI=1S/C24H41N5O/c1-4-25-24(26-16-10-18-29-17-9-7-8-11-23(29)30)27-19-21-12-14-22(15-13-21)20-28(5-2)6-3/h12-15H,4-11,16-20H2,1-3H3,(H2,25,26,27). The van der Waals surface area contributed by atoms with E-state index >= 15 is 0 Å². The molecule has 6 nitrogen and oxygen atoms in total. The van der Waals surface area contributed by atoms with Crippen molar-refractivity contribution in [1.82, 2.24) is 20.4 Å². The lowest BCUT2D eigenvalue weighted by Crippen LogP contribution is -2.39. The number of carbonyl (C=O) groups excluding carboxylic acids is 1. The molecule has 0 saturated carbocycles. The van der Waals surface area contributed by atoms with E-state index in [-0.39, 0.29) is 0 Å². The normalized spacial score (nSPS) is 15.4. The van der Waals surface area contributed by atoms with Crippen molar-refractivity contribution in [2.24, 2.45) is 4.99 Å². The number of amides is 1. The van der Waals surface area contributed by atoms with Crippen LogP contribution in [0.3, 0.4) is 0 Å². The van der Waals surface area contributed by atoms with Crippen LogP contribution in [-0.4, -0.2) is 60.9 Å². The van der Waals surface area contributed by atoms with Crippen LogP contribution in [0.5, 0.6) is 0 Å². The molecule has 2 N–H and O–H groups in total. The summed E-state index contributed by atoms with van der Waals surface area (Å²) in [6.45, 7) is 13.7. The molecular formula is C24H41N5O. The first-order valence-electron chi connectivity index (χ1n) is 11.8. The summed E-state index contributed by atoms with van der Waals surface area (Å²) in [7, 11) is 0. The number of rotatable bonds is 11. The predicted molar refractivity (Wildman–Crippen MR) is 126 cm³/mol. The van der Waals surface area contributed by atoms with Crippen molar-refractivity contribution in [1.29, 1.82) is 0 Å². The summed E-state index contributed by atoms with van der Waals surface area (Å²) < 4.78 is 0. The smallest absolute Gasteiger partial charge is 0.222 e. The number of benzene rings is 1. The van der Waals surface area contributed by atoms with Gasteiger partial charge in [-0.2, -0.15) is 0 Å². The van der Waals surface area contributed by atoms with E-state index in [1.807, 2.05) is 4.90 Å². The number of hydrogen-bond donors (Lipinski definition) is 2. The van der Waals surface area contributed by atoms with Crippen molar-refractivity contribution < 1.29 is 4.79 Å². The number of likely N-dealkylation sites (tertiary alicyclic amines) is 1. The van der Waals surface area contributed by atoms with Gasteiger partial charge in [-0.1, -0.05) is 44.5 Å². The zero-order chi connectivity index (χ0) is 21.6. The van der Waals surface area contributed by atoms with Gasteiger partial charge in [-0.3, -0.25) is 9.69 Å². The number of nitrogens with zero attached hydrogens (tertiary/aromatic N) is 3. The highest BCUT2D eigenvalue weighted by atomic mass is 16.2. The fraction of sp³-hybridized carbons (Fsp3) is 0.667. The summed E-state index contributed by atoms with van der Waals surface area (Å²) in [5.41, 5.74) is 2.56. The lowest BCUT2D eigenvalue weighted by molar-refractivity contribution is -0.130. The number of carbonyl (C=O) groups is 1. The Hall–Kier alpha value is -2.08. The summed E-state index contributed by atoms with van der Waals surface area (Å²) >= 11 is 0. The lowest BCUT2D eigenvalue weighted by atomic mass is 10.1. The molecule has 0 aromatic heterocycles. The van der Waals surface area contributed by atoms with E-state index in [0.29, 0.717) is 18.9 Å². The number of aliphatic imine (C=N–C) groups is 1. The minimum Gasteiger partial charge on any atom is -0.357 e. The van der Waals surface area contributed by atoms with Crippen molar-refractivity contribution in [3.05, 3.63) is 35.4 Å². The Balaban J connectivity index is 1.78. The van der Waals surface area contributed by atoms with Crippen LogP contribution in [0.25, 0.3) is 0 Å². The summed E-state index contributed by atoms with van der Waals surface area (Å²) in [5, 5.41) is 6.72. The molecule has 1 fully saturated rings. The average molecular weight is 416 g/mol. The fourth-order valence-corrected chi connectivity index (χ4v) is 3.72. The molecular weight excluding hydrogens is 374 g/mol. The Kier molecular flexibility index (Phi) is 11.3. The molecule has 0 radical (unpaired) electrons. The molecule has 168 valence electrons. The summed E-state index contributed by atoms with van der Waals surface area (Å²) in [5.74, 6) is 1.16. The first-order valence-corrected chi connectivity index (χ1v) is 11.8. The van der Waals surface area contributed by atoms with Crippen molar-refractivity contribution in [2.75, 3.05) is 39.3 Å². The third-order valence-electron chi connectivity index (χ3n) is 5.66. The minimum absolute atomic E-state index is 0.317. The molecule has 2 rings (SSSR count). The maximum atomic E-state index is 12.1. The Bertz CT molecular complexity index is 640. The van der Waals surface area contributed by atoms with Crippen molar-refractivity contribution in [3.8, 4) is 0 Å². The van der Waals surface area contributed by atoms with Crippen LogP contribution in [-0.2, 0) is 17.9 Å². The van der Waals surface area contributed by atoms with Crippen molar-refractivity contribution in [3.63, 3.8) is 0 Å². The van der Waals surface area contributed by atoms with Gasteiger partial charge in [0.25, 0.3) is 0 Å². The van der Waals surface area contributed by atoms with E-state index in [0.717, 1.165) is 71.0 Å². The molecule has 0 bridgehead atoms. The van der Waals surface area contributed by atoms with E-state index in [1.54, 1.807) is 0 Å². The highest BCUT2D eigenvalue weighted by molar-refractivity contribution is 5.79. The molecule has 1 aliphatic rings. The summed E-state index contributed by atoms with van der Waals surface area (Å²) in [6, 6.07) is 8.77. The van der Waals surface area contributed by atoms with Gasteiger partial charge in [0.15, 0.2) is 5.96 Å². The largest absolute Gasteiger partial charge is 0.357 e. The van der Waals surface area contributed by atoms with Crippen LogP contribution in [0.4, 0.5) is 0 Å². The zero-order valence-electron chi connectivity index (χ0n) is 19.3. The number of hydrogen-bond acceptors (Lipinski definition) is 3. The Morgan fingerprint density at radius 1 is 1.03 bits per heavy atom. The molecule has 0 spiro atoms. The molecule has 6 heteroatoms. The van der Waals surface area contributed by atoms with Gasteiger partial charge in [0.1, 0.15) is 0 Å². The maximum absolute atomic E-state index is 12.1. The maximum Gasteiger partial charge on any atom is 0.222 e. The third-order valence-corrected chi connectivity index (χ3v) is 5.66. The average Bonchev–Trinajstić information content (AvgIpc) is 2.98. The molecule has 1 amide bonds. The second-order valence-corrected chi connectivity index (χ2v) is 7.94. The van der Waals surface area contributed by atoms with Gasteiger partial charge in [0.05, 0.1) is 6.54 Å². The Morgan fingerprint density at radius 2 is 1.77 bits per heavy atom. The zero-order valence-corrected chi connectivity index (χ0v) is 19.3. The van der Waals surface area contributed by atoms with Crippen molar-refractivity contribution >= 4 is 11.9 Å². The Labute approximate surface area is 183 Å². The summed E-state index contributed by atoms with van der Waals surface area (Å²) in [4.78, 5) is 21.3. The SMILES string of the molecule is CCNC(=NCc1ccc(CN(CC)CC)cc1)NCCCN1CCCCCC1=O. The predicted octanol–water partition coefficient (Wildman–Crippen LogP) is 3.38. The molecule has 0 atom stereocenters. The number of nitrogens with one attached hydrogen (secondary N) is 2. The van der Waals surface area contributed by atoms with Gasteiger partial charge in [0, 0.05) is 39.1 Å². The summed E-state index contributed by atoms with van der Waals surface area (Å²) in [6.07, 6.45) is 5.01. The van der Waals surface area contributed by atoms with Gasteiger partial charge in [-0.25, -0.2) is 4.99 Å². The van der Waals surface area contributed by atoms with Crippen LogP contribution >= 0.6 is 0 Å². The topological polar surface area (TPSA) is 60.0 Å². The second kappa shape index (κ2) is 14.0. The van der Waals surface area contributed by atoms with Crippen LogP contribution in [0.1, 0.15) is 64.0 Å². The van der Waals surface area contributed by atoms with E-state index in [4.69, 9.17) is 4.99 Å². The third kappa shape index (κ3) is 8.74. The first-order chi connectivity index (χ1) is 14.7. The number of guanidine groups is 1. The highest BCUT2D eigenvalue weighted by Gasteiger charge is 2.15. The molecule has 1 saturated heterocycles.